The predicted molar refractivity (Wildman–Crippen MR) is 75.8 cm³/mol. The minimum atomic E-state index is -0.143. The second kappa shape index (κ2) is 5.80. The lowest BCUT2D eigenvalue weighted by Gasteiger charge is -2.33. The molecule has 110 valence electrons. The number of rotatable bonds is 5. The summed E-state index contributed by atoms with van der Waals surface area (Å²) in [4.78, 5) is 15.0. The number of nitrogens with zero attached hydrogens (tertiary/aromatic N) is 1. The van der Waals surface area contributed by atoms with Crippen molar-refractivity contribution in [2.45, 2.75) is 45.4 Å². The Hall–Kier alpha value is -0.610. The van der Waals surface area contributed by atoms with Crippen molar-refractivity contribution in [1.82, 2.24) is 4.90 Å². The highest BCUT2D eigenvalue weighted by atomic mass is 16.5. The number of amides is 1. The molecule has 0 bridgehead atoms. The number of hydrogen-bond donors (Lipinski definition) is 1. The third-order valence-electron chi connectivity index (χ3n) is 5.14. The standard InChI is InChI=1S/C15H28N2O2/c1-14(11-16)7-9-17(12-14)13(18)15(8-10-19-2)5-3-4-6-15/h3-12,16H2,1-2H3. The van der Waals surface area contributed by atoms with Crippen molar-refractivity contribution in [2.24, 2.45) is 16.6 Å². The van der Waals surface area contributed by atoms with Crippen LogP contribution in [0.4, 0.5) is 0 Å². The summed E-state index contributed by atoms with van der Waals surface area (Å²) in [5.74, 6) is 0.360. The zero-order valence-electron chi connectivity index (χ0n) is 12.4. The fourth-order valence-electron chi connectivity index (χ4n) is 3.62. The first-order valence-corrected chi connectivity index (χ1v) is 7.54. The van der Waals surface area contributed by atoms with Crippen molar-refractivity contribution in [3.05, 3.63) is 0 Å². The number of carbonyl (C=O) groups is 1. The predicted octanol–water partition coefficient (Wildman–Crippen LogP) is 1.78. The van der Waals surface area contributed by atoms with Gasteiger partial charge in [-0.2, -0.15) is 0 Å². The molecule has 2 rings (SSSR count). The van der Waals surface area contributed by atoms with Gasteiger partial charge in [0.05, 0.1) is 5.41 Å². The van der Waals surface area contributed by atoms with Gasteiger partial charge in [0, 0.05) is 26.8 Å². The highest BCUT2D eigenvalue weighted by molar-refractivity contribution is 5.83. The number of hydrogen-bond acceptors (Lipinski definition) is 3. The quantitative estimate of drug-likeness (QED) is 0.827. The topological polar surface area (TPSA) is 55.6 Å². The van der Waals surface area contributed by atoms with E-state index in [4.69, 9.17) is 10.5 Å². The lowest BCUT2D eigenvalue weighted by atomic mass is 9.81. The molecule has 2 fully saturated rings. The van der Waals surface area contributed by atoms with Crippen LogP contribution in [-0.4, -0.2) is 44.2 Å². The van der Waals surface area contributed by atoms with E-state index in [2.05, 4.69) is 11.8 Å². The van der Waals surface area contributed by atoms with Crippen molar-refractivity contribution in [1.29, 1.82) is 0 Å². The Balaban J connectivity index is 2.04. The maximum atomic E-state index is 12.9. The Kier molecular flexibility index (Phi) is 4.51. The summed E-state index contributed by atoms with van der Waals surface area (Å²) < 4.78 is 5.21. The lowest BCUT2D eigenvalue weighted by molar-refractivity contribution is -0.142. The minimum Gasteiger partial charge on any atom is -0.385 e. The fourth-order valence-corrected chi connectivity index (χ4v) is 3.62. The van der Waals surface area contributed by atoms with Crippen molar-refractivity contribution in [3.8, 4) is 0 Å². The van der Waals surface area contributed by atoms with E-state index in [-0.39, 0.29) is 10.8 Å². The van der Waals surface area contributed by atoms with Crippen LogP contribution in [-0.2, 0) is 9.53 Å². The van der Waals surface area contributed by atoms with Crippen LogP contribution < -0.4 is 5.73 Å². The molecule has 1 heterocycles. The highest BCUT2D eigenvalue weighted by Crippen LogP contribution is 2.44. The number of nitrogens with two attached hydrogens (primary N) is 1. The molecule has 1 unspecified atom stereocenters. The molecule has 0 spiro atoms. The second-order valence-corrected chi connectivity index (χ2v) is 6.72. The summed E-state index contributed by atoms with van der Waals surface area (Å²) in [7, 11) is 1.72. The van der Waals surface area contributed by atoms with Gasteiger partial charge in [-0.15, -0.1) is 0 Å². The summed E-state index contributed by atoms with van der Waals surface area (Å²) in [6, 6.07) is 0. The van der Waals surface area contributed by atoms with E-state index in [1.165, 1.54) is 12.8 Å². The number of likely N-dealkylation sites (tertiary alicyclic amines) is 1. The molecular formula is C15H28N2O2. The number of methoxy groups -OCH3 is 1. The fraction of sp³-hybridized carbons (Fsp3) is 0.933. The van der Waals surface area contributed by atoms with Gasteiger partial charge in [0.2, 0.25) is 5.91 Å². The van der Waals surface area contributed by atoms with E-state index < -0.39 is 0 Å². The van der Waals surface area contributed by atoms with Gasteiger partial charge < -0.3 is 15.4 Å². The molecule has 2 N–H and O–H groups in total. The van der Waals surface area contributed by atoms with Crippen molar-refractivity contribution in [3.63, 3.8) is 0 Å². The van der Waals surface area contributed by atoms with Crippen molar-refractivity contribution < 1.29 is 9.53 Å². The summed E-state index contributed by atoms with van der Waals surface area (Å²) in [6.45, 7) is 5.25. The van der Waals surface area contributed by atoms with Gasteiger partial charge in [0.25, 0.3) is 0 Å². The summed E-state index contributed by atoms with van der Waals surface area (Å²) in [5.41, 5.74) is 5.82. The van der Waals surface area contributed by atoms with Gasteiger partial charge >= 0.3 is 0 Å². The lowest BCUT2D eigenvalue weighted by Crippen LogP contribution is -2.43. The van der Waals surface area contributed by atoms with Crippen LogP contribution in [0.15, 0.2) is 0 Å². The number of ether oxygens (including phenoxy) is 1. The molecule has 1 amide bonds. The first-order valence-electron chi connectivity index (χ1n) is 7.54. The molecule has 4 nitrogen and oxygen atoms in total. The molecule has 1 saturated heterocycles. The summed E-state index contributed by atoms with van der Waals surface area (Å²) in [5, 5.41) is 0. The van der Waals surface area contributed by atoms with Crippen molar-refractivity contribution >= 4 is 5.91 Å². The SMILES string of the molecule is COCCC1(C(=O)N2CCC(C)(CN)C2)CCCC1. The van der Waals surface area contributed by atoms with Crippen molar-refractivity contribution in [2.75, 3.05) is 33.4 Å². The van der Waals surface area contributed by atoms with Crippen LogP contribution in [0.2, 0.25) is 0 Å². The van der Waals surface area contributed by atoms with Crippen LogP contribution in [0.5, 0.6) is 0 Å². The minimum absolute atomic E-state index is 0.122. The highest BCUT2D eigenvalue weighted by Gasteiger charge is 2.46. The zero-order chi connectivity index (χ0) is 13.9. The Morgan fingerprint density at radius 1 is 1.32 bits per heavy atom. The van der Waals surface area contributed by atoms with Gasteiger partial charge in [-0.1, -0.05) is 19.8 Å². The van der Waals surface area contributed by atoms with Crippen LogP contribution >= 0.6 is 0 Å². The molecule has 4 heteroatoms. The third kappa shape index (κ3) is 2.95. The first-order chi connectivity index (χ1) is 9.05. The molecule has 1 saturated carbocycles. The van der Waals surface area contributed by atoms with E-state index in [0.717, 1.165) is 38.8 Å². The normalized spacial score (nSPS) is 29.9. The van der Waals surface area contributed by atoms with Gasteiger partial charge in [0.15, 0.2) is 0 Å². The largest absolute Gasteiger partial charge is 0.385 e. The molecule has 0 radical (unpaired) electrons. The van der Waals surface area contributed by atoms with E-state index in [9.17, 15) is 4.79 Å². The molecule has 0 aromatic heterocycles. The van der Waals surface area contributed by atoms with Crippen LogP contribution in [0.25, 0.3) is 0 Å². The van der Waals surface area contributed by atoms with Gasteiger partial charge in [-0.05, 0) is 37.6 Å². The second-order valence-electron chi connectivity index (χ2n) is 6.72. The first kappa shape index (κ1) is 14.8. The zero-order valence-corrected chi connectivity index (χ0v) is 12.4. The average molecular weight is 268 g/mol. The van der Waals surface area contributed by atoms with E-state index in [0.29, 0.717) is 19.1 Å². The molecule has 19 heavy (non-hydrogen) atoms. The smallest absolute Gasteiger partial charge is 0.228 e. The molecular weight excluding hydrogens is 240 g/mol. The molecule has 1 aliphatic carbocycles. The van der Waals surface area contributed by atoms with E-state index >= 15 is 0 Å². The number of carbonyl (C=O) groups excluding carboxylic acids is 1. The van der Waals surface area contributed by atoms with Crippen LogP contribution in [0, 0.1) is 10.8 Å². The third-order valence-corrected chi connectivity index (χ3v) is 5.14. The Labute approximate surface area is 116 Å². The van der Waals surface area contributed by atoms with Crippen LogP contribution in [0.3, 0.4) is 0 Å². The Bertz CT molecular complexity index is 326. The van der Waals surface area contributed by atoms with Gasteiger partial charge in [0.1, 0.15) is 0 Å². The summed E-state index contributed by atoms with van der Waals surface area (Å²) >= 11 is 0. The van der Waals surface area contributed by atoms with E-state index in [1.807, 2.05) is 0 Å². The molecule has 1 atom stereocenters. The maximum absolute atomic E-state index is 12.9. The van der Waals surface area contributed by atoms with Crippen LogP contribution in [0.1, 0.15) is 45.4 Å². The van der Waals surface area contributed by atoms with Gasteiger partial charge in [-0.25, -0.2) is 0 Å². The molecule has 2 aliphatic rings. The molecule has 1 aliphatic heterocycles. The maximum Gasteiger partial charge on any atom is 0.228 e. The molecule has 0 aromatic carbocycles. The van der Waals surface area contributed by atoms with E-state index in [1.54, 1.807) is 7.11 Å². The average Bonchev–Trinajstić information content (AvgIpc) is 3.04. The monoisotopic (exact) mass is 268 g/mol. The Morgan fingerprint density at radius 2 is 2.00 bits per heavy atom. The Morgan fingerprint density at radius 3 is 2.53 bits per heavy atom. The van der Waals surface area contributed by atoms with Gasteiger partial charge in [-0.3, -0.25) is 4.79 Å². The molecule has 0 aromatic rings. The summed E-state index contributed by atoms with van der Waals surface area (Å²) in [6.07, 6.45) is 6.33.